The van der Waals surface area contributed by atoms with Crippen LogP contribution >= 0.6 is 0 Å². The van der Waals surface area contributed by atoms with E-state index >= 15 is 0 Å². The van der Waals surface area contributed by atoms with E-state index in [0.29, 0.717) is 5.92 Å². The minimum absolute atomic E-state index is 0.0613. The Kier molecular flexibility index (Phi) is 3.83. The summed E-state index contributed by atoms with van der Waals surface area (Å²) in [6, 6.07) is 7.50. The van der Waals surface area contributed by atoms with Crippen molar-refractivity contribution in [2.24, 2.45) is 5.92 Å². The molecule has 3 rings (SSSR count). The van der Waals surface area contributed by atoms with Crippen LogP contribution in [0.2, 0.25) is 0 Å². The Hall–Kier alpha value is -2.37. The fourth-order valence-electron chi connectivity index (χ4n) is 3.11. The quantitative estimate of drug-likeness (QED) is 0.796. The molecule has 2 N–H and O–H groups in total. The minimum atomic E-state index is -0.820. The van der Waals surface area contributed by atoms with Crippen molar-refractivity contribution in [2.75, 3.05) is 18.0 Å². The van der Waals surface area contributed by atoms with Crippen LogP contribution < -0.4 is 10.2 Å². The van der Waals surface area contributed by atoms with Gasteiger partial charge in [-0.25, -0.2) is 0 Å². The number of nitrogens with zero attached hydrogens (tertiary/aromatic N) is 1. The van der Waals surface area contributed by atoms with Gasteiger partial charge >= 0.3 is 5.97 Å². The number of aliphatic carboxylic acids is 1. The average molecular weight is 302 g/mol. The Balaban J connectivity index is 1.93. The molecule has 1 heterocycles. The van der Waals surface area contributed by atoms with Gasteiger partial charge in [-0.1, -0.05) is 18.2 Å². The first-order chi connectivity index (χ1) is 10.5. The standard InChI is InChI=1S/C16H18N2O4/c19-14-8-18(9-15(20)17-14)13-4-2-1-3-11(13)12(7-16(21)22)10-5-6-10/h1-4,10,12H,5-9H2,(H,21,22)(H,17,19,20). The van der Waals surface area contributed by atoms with Crippen LogP contribution in [0.1, 0.15) is 30.7 Å². The van der Waals surface area contributed by atoms with Gasteiger partial charge in [0.25, 0.3) is 0 Å². The summed E-state index contributed by atoms with van der Waals surface area (Å²) in [5.74, 6) is -1.15. The number of benzene rings is 1. The molecule has 2 aliphatic rings. The molecule has 2 amide bonds. The van der Waals surface area contributed by atoms with Crippen molar-refractivity contribution in [1.29, 1.82) is 0 Å². The van der Waals surface area contributed by atoms with Crippen molar-refractivity contribution in [3.05, 3.63) is 29.8 Å². The molecule has 1 aromatic carbocycles. The number of carbonyl (C=O) groups is 3. The predicted octanol–water partition coefficient (Wildman–Crippen LogP) is 1.12. The van der Waals surface area contributed by atoms with Crippen LogP contribution in [-0.2, 0) is 14.4 Å². The van der Waals surface area contributed by atoms with Gasteiger partial charge in [-0.3, -0.25) is 19.7 Å². The van der Waals surface area contributed by atoms with E-state index in [-0.39, 0.29) is 37.2 Å². The largest absolute Gasteiger partial charge is 0.481 e. The number of hydrogen-bond acceptors (Lipinski definition) is 4. The summed E-state index contributed by atoms with van der Waals surface area (Å²) < 4.78 is 0. The fourth-order valence-corrected chi connectivity index (χ4v) is 3.11. The third-order valence-electron chi connectivity index (χ3n) is 4.21. The Morgan fingerprint density at radius 2 is 1.86 bits per heavy atom. The lowest BCUT2D eigenvalue weighted by Crippen LogP contribution is -2.51. The van der Waals surface area contributed by atoms with Crippen LogP contribution in [0, 0.1) is 5.92 Å². The lowest BCUT2D eigenvalue weighted by molar-refractivity contribution is -0.137. The van der Waals surface area contributed by atoms with Crippen molar-refractivity contribution in [1.82, 2.24) is 5.32 Å². The Morgan fingerprint density at radius 1 is 1.23 bits per heavy atom. The second kappa shape index (κ2) is 5.79. The number of carboxylic acid groups (broad SMARTS) is 1. The number of nitrogens with one attached hydrogen (secondary N) is 1. The molecule has 6 heteroatoms. The van der Waals surface area contributed by atoms with Crippen molar-refractivity contribution in [3.8, 4) is 0 Å². The highest BCUT2D eigenvalue weighted by Gasteiger charge is 2.36. The van der Waals surface area contributed by atoms with Crippen LogP contribution in [-0.4, -0.2) is 36.0 Å². The molecule has 1 unspecified atom stereocenters. The highest BCUT2D eigenvalue weighted by molar-refractivity contribution is 6.02. The molecule has 1 aliphatic heterocycles. The van der Waals surface area contributed by atoms with Crippen LogP contribution in [0.5, 0.6) is 0 Å². The van der Waals surface area contributed by atoms with Gasteiger partial charge in [0.15, 0.2) is 0 Å². The fraction of sp³-hybridized carbons (Fsp3) is 0.438. The van der Waals surface area contributed by atoms with E-state index < -0.39 is 5.97 Å². The van der Waals surface area contributed by atoms with Gasteiger partial charge in [0.2, 0.25) is 11.8 Å². The molecular weight excluding hydrogens is 284 g/mol. The monoisotopic (exact) mass is 302 g/mol. The third-order valence-corrected chi connectivity index (χ3v) is 4.21. The summed E-state index contributed by atoms with van der Waals surface area (Å²) in [6.07, 6.45) is 2.15. The maximum atomic E-state index is 11.6. The summed E-state index contributed by atoms with van der Waals surface area (Å²) in [4.78, 5) is 36.1. The summed E-state index contributed by atoms with van der Waals surface area (Å²) in [6.45, 7) is 0.237. The summed E-state index contributed by atoms with van der Waals surface area (Å²) in [5.41, 5.74) is 1.72. The van der Waals surface area contributed by atoms with E-state index in [4.69, 9.17) is 0 Å². The van der Waals surface area contributed by atoms with E-state index in [1.165, 1.54) is 0 Å². The van der Waals surface area contributed by atoms with Crippen LogP contribution in [0.15, 0.2) is 24.3 Å². The number of carbonyl (C=O) groups excluding carboxylic acids is 2. The molecule has 1 aliphatic carbocycles. The highest BCUT2D eigenvalue weighted by atomic mass is 16.4. The lowest BCUT2D eigenvalue weighted by Gasteiger charge is -2.31. The van der Waals surface area contributed by atoms with E-state index in [9.17, 15) is 19.5 Å². The van der Waals surface area contributed by atoms with E-state index in [0.717, 1.165) is 24.1 Å². The maximum absolute atomic E-state index is 11.6. The average Bonchev–Trinajstić information content (AvgIpc) is 3.28. The van der Waals surface area contributed by atoms with E-state index in [2.05, 4.69) is 5.32 Å². The van der Waals surface area contributed by atoms with Crippen LogP contribution in [0.25, 0.3) is 0 Å². The van der Waals surface area contributed by atoms with Gasteiger partial charge in [-0.15, -0.1) is 0 Å². The second-order valence-corrected chi connectivity index (χ2v) is 5.93. The Morgan fingerprint density at radius 3 is 2.45 bits per heavy atom. The number of carboxylic acids is 1. The molecule has 6 nitrogen and oxygen atoms in total. The third kappa shape index (κ3) is 3.10. The predicted molar refractivity (Wildman–Crippen MR) is 79.5 cm³/mol. The van der Waals surface area contributed by atoms with Gasteiger partial charge in [-0.2, -0.15) is 0 Å². The molecule has 1 saturated heterocycles. The summed E-state index contributed by atoms with van der Waals surface area (Å²) >= 11 is 0. The van der Waals surface area contributed by atoms with Crippen LogP contribution in [0.3, 0.4) is 0 Å². The van der Waals surface area contributed by atoms with Crippen molar-refractivity contribution >= 4 is 23.5 Å². The normalized spacial score (nSPS) is 19.7. The van der Waals surface area contributed by atoms with Crippen molar-refractivity contribution in [3.63, 3.8) is 0 Å². The first-order valence-electron chi connectivity index (χ1n) is 7.43. The van der Waals surface area contributed by atoms with Crippen molar-refractivity contribution in [2.45, 2.75) is 25.2 Å². The molecule has 116 valence electrons. The lowest BCUT2D eigenvalue weighted by atomic mass is 9.89. The second-order valence-electron chi connectivity index (χ2n) is 5.93. The topological polar surface area (TPSA) is 86.7 Å². The summed E-state index contributed by atoms with van der Waals surface area (Å²) in [5, 5.41) is 11.5. The number of rotatable bonds is 5. The van der Waals surface area contributed by atoms with Crippen LogP contribution in [0.4, 0.5) is 5.69 Å². The molecular formula is C16H18N2O4. The minimum Gasteiger partial charge on any atom is -0.481 e. The molecule has 22 heavy (non-hydrogen) atoms. The van der Waals surface area contributed by atoms with Gasteiger partial charge in [0.05, 0.1) is 19.5 Å². The number of anilines is 1. The summed E-state index contributed by atoms with van der Waals surface area (Å²) in [7, 11) is 0. The van der Waals surface area contributed by atoms with E-state index in [1.54, 1.807) is 4.90 Å². The number of hydrogen-bond donors (Lipinski definition) is 2. The zero-order chi connectivity index (χ0) is 15.7. The number of piperazine rings is 1. The Bertz CT molecular complexity index is 608. The molecule has 1 atom stereocenters. The molecule has 1 aromatic rings. The van der Waals surface area contributed by atoms with Gasteiger partial charge in [0, 0.05) is 5.69 Å². The SMILES string of the molecule is O=C(O)CC(c1ccccc1N1CC(=O)NC(=O)C1)C1CC1. The molecule has 1 saturated carbocycles. The number of amides is 2. The maximum Gasteiger partial charge on any atom is 0.303 e. The molecule has 0 aromatic heterocycles. The smallest absolute Gasteiger partial charge is 0.303 e. The molecule has 0 spiro atoms. The van der Waals surface area contributed by atoms with Gasteiger partial charge < -0.3 is 10.0 Å². The van der Waals surface area contributed by atoms with E-state index in [1.807, 2.05) is 24.3 Å². The Labute approximate surface area is 128 Å². The first kappa shape index (κ1) is 14.6. The zero-order valence-electron chi connectivity index (χ0n) is 12.1. The van der Waals surface area contributed by atoms with Gasteiger partial charge in [-0.05, 0) is 36.3 Å². The molecule has 2 fully saturated rings. The molecule has 0 radical (unpaired) electrons. The molecule has 0 bridgehead atoms. The first-order valence-corrected chi connectivity index (χ1v) is 7.43. The van der Waals surface area contributed by atoms with Gasteiger partial charge in [0.1, 0.15) is 0 Å². The number of para-hydroxylation sites is 1. The highest BCUT2D eigenvalue weighted by Crippen LogP contribution is 2.47. The van der Waals surface area contributed by atoms with Crippen molar-refractivity contribution < 1.29 is 19.5 Å². The zero-order valence-corrected chi connectivity index (χ0v) is 12.1. The number of imide groups is 1.